The molecule has 10 nitrogen and oxygen atoms in total. The number of esters is 1. The zero-order valence-electron chi connectivity index (χ0n) is 40.4. The summed E-state index contributed by atoms with van der Waals surface area (Å²) in [7, 11) is -1.68. The molecule has 0 unspecified atom stereocenters. The van der Waals surface area contributed by atoms with Crippen LogP contribution in [0.4, 0.5) is 0 Å². The number of hydrogen-bond acceptors (Lipinski definition) is 10. The molecule has 0 radical (unpaired) electrons. The van der Waals surface area contributed by atoms with Crippen molar-refractivity contribution < 1.29 is 46.9 Å². The Bertz CT molecular complexity index is 2080. The maximum absolute atomic E-state index is 13.9. The van der Waals surface area contributed by atoms with Crippen LogP contribution in [-0.4, -0.2) is 86.0 Å². The highest BCUT2D eigenvalue weighted by molar-refractivity contribution is 6.99. The lowest BCUT2D eigenvalue weighted by Crippen LogP contribution is -2.66. The first-order valence-electron chi connectivity index (χ1n) is 23.2. The maximum atomic E-state index is 13.9. The van der Waals surface area contributed by atoms with Gasteiger partial charge in [0.25, 0.3) is 8.32 Å². The summed E-state index contributed by atoms with van der Waals surface area (Å²) in [6.07, 6.45) is 0.865. The molecule has 2 heterocycles. The van der Waals surface area contributed by atoms with E-state index >= 15 is 0 Å². The molecule has 0 aromatic heterocycles. The SMILES string of the molecule is COc1ccc(CO[C@@H]2C[C@H](CCO[Si](c3ccccc3)(c3ccccc3)C(C)(C)C)O[C@@]3(CC(=O)C[C@H](C[C@@H](CCO[Si](C)(C)C(C)(C)C)OC(=O)c4ccc(OC)cc4)O3)C2)cc1. The fraction of sp³-hybridized carbons (Fsp3) is 0.509. The van der Waals surface area contributed by atoms with E-state index in [1.54, 1.807) is 38.5 Å². The van der Waals surface area contributed by atoms with Gasteiger partial charge in [0, 0.05) is 45.3 Å². The molecule has 2 fully saturated rings. The third-order valence-corrected chi connectivity index (χ3v) is 23.0. The minimum absolute atomic E-state index is 0.0129. The van der Waals surface area contributed by atoms with Crippen LogP contribution < -0.4 is 19.8 Å². The van der Waals surface area contributed by atoms with E-state index in [0.717, 1.165) is 11.3 Å². The quantitative estimate of drug-likeness (QED) is 0.0666. The van der Waals surface area contributed by atoms with Crippen LogP contribution in [0.15, 0.2) is 109 Å². The topological polar surface area (TPSA) is 108 Å². The van der Waals surface area contributed by atoms with Crippen molar-refractivity contribution in [2.75, 3.05) is 27.4 Å². The largest absolute Gasteiger partial charge is 0.497 e. The second-order valence-corrected chi connectivity index (χ2v) is 29.3. The average Bonchev–Trinajstić information content (AvgIpc) is 3.26. The lowest BCUT2D eigenvalue weighted by atomic mass is 9.88. The molecule has 352 valence electrons. The van der Waals surface area contributed by atoms with Crippen LogP contribution in [0, 0.1) is 0 Å². The number of methoxy groups -OCH3 is 2. The molecule has 1 spiro atoms. The molecule has 0 aliphatic carbocycles. The molecule has 6 rings (SSSR count). The minimum atomic E-state index is -2.82. The van der Waals surface area contributed by atoms with Crippen molar-refractivity contribution in [1.29, 1.82) is 0 Å². The summed E-state index contributed by atoms with van der Waals surface area (Å²) in [6.45, 7) is 19.1. The molecule has 65 heavy (non-hydrogen) atoms. The summed E-state index contributed by atoms with van der Waals surface area (Å²) >= 11 is 0. The van der Waals surface area contributed by atoms with E-state index in [4.69, 9.17) is 37.3 Å². The Balaban J connectivity index is 1.24. The number of ketones is 1. The van der Waals surface area contributed by atoms with Gasteiger partial charge in [-0.1, -0.05) is 114 Å². The van der Waals surface area contributed by atoms with Crippen molar-refractivity contribution in [2.45, 2.75) is 146 Å². The van der Waals surface area contributed by atoms with Crippen molar-refractivity contribution in [1.82, 2.24) is 0 Å². The predicted molar refractivity (Wildman–Crippen MR) is 260 cm³/mol. The minimum Gasteiger partial charge on any atom is -0.497 e. The molecule has 2 aliphatic heterocycles. The van der Waals surface area contributed by atoms with Crippen molar-refractivity contribution in [3.05, 3.63) is 120 Å². The van der Waals surface area contributed by atoms with Gasteiger partial charge in [-0.2, -0.15) is 0 Å². The molecule has 4 aromatic rings. The second-order valence-electron chi connectivity index (χ2n) is 20.2. The van der Waals surface area contributed by atoms with Gasteiger partial charge in [0.1, 0.15) is 23.4 Å². The van der Waals surface area contributed by atoms with Crippen LogP contribution in [0.5, 0.6) is 11.5 Å². The lowest BCUT2D eigenvalue weighted by Gasteiger charge is -2.48. The predicted octanol–water partition coefficient (Wildman–Crippen LogP) is 10.2. The van der Waals surface area contributed by atoms with Gasteiger partial charge in [0.15, 0.2) is 14.1 Å². The monoisotopic (exact) mass is 924 g/mol. The van der Waals surface area contributed by atoms with Gasteiger partial charge >= 0.3 is 5.97 Å². The van der Waals surface area contributed by atoms with Crippen LogP contribution in [0.25, 0.3) is 0 Å². The molecule has 5 atom stereocenters. The number of ether oxygens (including phenoxy) is 6. The third kappa shape index (κ3) is 12.9. The summed E-state index contributed by atoms with van der Waals surface area (Å²) in [5, 5.41) is 2.24. The van der Waals surface area contributed by atoms with Gasteiger partial charge in [0.2, 0.25) is 0 Å². The van der Waals surface area contributed by atoms with Gasteiger partial charge < -0.3 is 37.3 Å². The van der Waals surface area contributed by atoms with Crippen molar-refractivity contribution >= 4 is 38.8 Å². The van der Waals surface area contributed by atoms with Crippen LogP contribution in [-0.2, 0) is 39.2 Å². The smallest absolute Gasteiger partial charge is 0.338 e. The van der Waals surface area contributed by atoms with Crippen molar-refractivity contribution in [3.8, 4) is 11.5 Å². The van der Waals surface area contributed by atoms with E-state index in [-0.39, 0.29) is 40.9 Å². The number of rotatable bonds is 19. The van der Waals surface area contributed by atoms with Gasteiger partial charge in [-0.25, -0.2) is 4.79 Å². The Kier molecular flexibility index (Phi) is 16.7. The number of hydrogen-bond donors (Lipinski definition) is 0. The number of carbonyl (C=O) groups is 2. The lowest BCUT2D eigenvalue weighted by molar-refractivity contribution is -0.324. The van der Waals surface area contributed by atoms with E-state index in [9.17, 15) is 9.59 Å². The molecule has 0 N–H and O–H groups in total. The molecule has 0 bridgehead atoms. The fourth-order valence-corrected chi connectivity index (χ4v) is 14.6. The normalized spacial score (nSPS) is 21.2. The summed E-state index contributed by atoms with van der Waals surface area (Å²) in [5.41, 5.74) is 1.42. The van der Waals surface area contributed by atoms with E-state index in [2.05, 4.69) is 103 Å². The Morgan fingerprint density at radius 2 is 1.31 bits per heavy atom. The van der Waals surface area contributed by atoms with Gasteiger partial charge in [-0.15, -0.1) is 0 Å². The highest BCUT2D eigenvalue weighted by Gasteiger charge is 2.52. The Labute approximate surface area is 389 Å². The molecule has 2 saturated heterocycles. The summed E-state index contributed by atoms with van der Waals surface area (Å²) < 4.78 is 51.5. The second kappa shape index (κ2) is 21.7. The molecule has 2 aliphatic rings. The van der Waals surface area contributed by atoms with E-state index in [0.29, 0.717) is 63.2 Å². The standard InChI is InChI=1S/C53H72O10Si2/c1-51(2,3)64(9,10)59-31-29-44(61-50(55)40-23-27-43(57-8)28-24-40)34-46-33-41(54)36-53(63-46)37-47(58-38-39-21-25-42(56-7)26-22-39)35-45(62-53)30-32-60-65(52(4,5)6,48-17-13-11-14-18-48)49-19-15-12-16-20-49/h11-28,44-47H,29-38H2,1-10H3/t44-,45+,46-,47-,53-/m1/s1. The Morgan fingerprint density at radius 1 is 0.738 bits per heavy atom. The highest BCUT2D eigenvalue weighted by Crippen LogP contribution is 2.43. The summed E-state index contributed by atoms with van der Waals surface area (Å²) in [6, 6.07) is 36.0. The average molecular weight is 925 g/mol. The highest BCUT2D eigenvalue weighted by atomic mass is 28.4. The first-order valence-corrected chi connectivity index (χ1v) is 28.0. The maximum Gasteiger partial charge on any atom is 0.338 e. The Hall–Kier alpha value is -4.15. The number of benzene rings is 4. The zero-order valence-corrected chi connectivity index (χ0v) is 42.4. The molecule has 4 aromatic carbocycles. The number of carbonyl (C=O) groups excluding carboxylic acids is 2. The molecule has 0 amide bonds. The van der Waals surface area contributed by atoms with E-state index in [1.807, 2.05) is 36.4 Å². The first-order chi connectivity index (χ1) is 30.8. The molecular formula is C53H72O10Si2. The van der Waals surface area contributed by atoms with Crippen LogP contribution in [0.3, 0.4) is 0 Å². The molecule has 0 saturated carbocycles. The van der Waals surface area contributed by atoms with Gasteiger partial charge in [-0.05, 0) is 81.9 Å². The Morgan fingerprint density at radius 3 is 1.86 bits per heavy atom. The van der Waals surface area contributed by atoms with Gasteiger partial charge in [-0.3, -0.25) is 4.79 Å². The van der Waals surface area contributed by atoms with Crippen molar-refractivity contribution in [2.24, 2.45) is 0 Å². The first kappa shape index (κ1) is 50.3. The third-order valence-electron chi connectivity index (χ3n) is 13.4. The van der Waals surface area contributed by atoms with Crippen molar-refractivity contribution in [3.63, 3.8) is 0 Å². The van der Waals surface area contributed by atoms with Crippen LogP contribution >= 0.6 is 0 Å². The zero-order chi connectivity index (χ0) is 46.9. The van der Waals surface area contributed by atoms with Crippen LogP contribution in [0.1, 0.15) is 102 Å². The fourth-order valence-electron chi connectivity index (χ4n) is 8.93. The summed E-state index contributed by atoms with van der Waals surface area (Å²) in [5.74, 6) is -0.222. The summed E-state index contributed by atoms with van der Waals surface area (Å²) in [4.78, 5) is 27.6. The molecule has 12 heteroatoms. The van der Waals surface area contributed by atoms with Gasteiger partial charge in [0.05, 0.1) is 51.1 Å². The molecular weight excluding hydrogens is 853 g/mol. The number of Topliss-reactive ketones (excluding diaryl/α,β-unsaturated/α-hetero) is 1. The van der Waals surface area contributed by atoms with E-state index < -0.39 is 40.6 Å². The van der Waals surface area contributed by atoms with E-state index in [1.165, 1.54) is 10.4 Å². The van der Waals surface area contributed by atoms with Crippen LogP contribution in [0.2, 0.25) is 23.2 Å².